The standard InChI is InChI=1S/C13H23NO4S/c1-9-6-7-14(8-10(9)2)19(17,18)12-5-3-4-11(12)13(15)16/h9-12H,3-8H2,1-2H3,(H,15,16). The Morgan fingerprint density at radius 2 is 1.84 bits per heavy atom. The van der Waals surface area contributed by atoms with Gasteiger partial charge in [-0.2, -0.15) is 0 Å². The third-order valence-corrected chi connectivity index (χ3v) is 7.19. The molecule has 2 aliphatic rings. The summed E-state index contributed by atoms with van der Waals surface area (Å²) in [7, 11) is -3.46. The first-order valence-electron chi connectivity index (χ1n) is 7.05. The number of carbonyl (C=O) groups is 1. The maximum absolute atomic E-state index is 12.6. The Morgan fingerprint density at radius 3 is 2.42 bits per heavy atom. The van der Waals surface area contributed by atoms with Crippen molar-refractivity contribution in [1.29, 1.82) is 0 Å². The summed E-state index contributed by atoms with van der Waals surface area (Å²) < 4.78 is 26.8. The van der Waals surface area contributed by atoms with Crippen molar-refractivity contribution in [2.75, 3.05) is 13.1 Å². The maximum Gasteiger partial charge on any atom is 0.307 e. The number of carboxylic acid groups (broad SMARTS) is 1. The van der Waals surface area contributed by atoms with Crippen LogP contribution in [0.2, 0.25) is 0 Å². The van der Waals surface area contributed by atoms with Crippen LogP contribution in [0, 0.1) is 17.8 Å². The monoisotopic (exact) mass is 289 g/mol. The fourth-order valence-electron chi connectivity index (χ4n) is 3.21. The minimum absolute atomic E-state index is 0.341. The van der Waals surface area contributed by atoms with Crippen LogP contribution in [0.5, 0.6) is 0 Å². The van der Waals surface area contributed by atoms with Gasteiger partial charge in [0.1, 0.15) is 0 Å². The Balaban J connectivity index is 2.16. The number of hydrogen-bond acceptors (Lipinski definition) is 3. The summed E-state index contributed by atoms with van der Waals surface area (Å²) in [6.45, 7) is 5.28. The second kappa shape index (κ2) is 5.40. The minimum Gasteiger partial charge on any atom is -0.481 e. The molecule has 4 unspecified atom stereocenters. The molecule has 6 heteroatoms. The highest BCUT2D eigenvalue weighted by Crippen LogP contribution is 2.35. The Morgan fingerprint density at radius 1 is 1.16 bits per heavy atom. The van der Waals surface area contributed by atoms with Crippen molar-refractivity contribution in [3.05, 3.63) is 0 Å². The Kier molecular flexibility index (Phi) is 4.20. The molecule has 0 spiro atoms. The second-order valence-corrected chi connectivity index (χ2v) is 8.21. The van der Waals surface area contributed by atoms with Crippen molar-refractivity contribution in [2.45, 2.75) is 44.8 Å². The zero-order valence-electron chi connectivity index (χ0n) is 11.6. The number of nitrogens with zero attached hydrogens (tertiary/aromatic N) is 1. The molecule has 1 aliphatic carbocycles. The molecule has 1 saturated heterocycles. The normalized spacial score (nSPS) is 37.4. The van der Waals surface area contributed by atoms with Crippen molar-refractivity contribution in [1.82, 2.24) is 4.31 Å². The molecule has 2 rings (SSSR count). The van der Waals surface area contributed by atoms with E-state index in [1.807, 2.05) is 0 Å². The molecule has 1 heterocycles. The van der Waals surface area contributed by atoms with E-state index in [9.17, 15) is 13.2 Å². The van der Waals surface area contributed by atoms with E-state index in [1.54, 1.807) is 0 Å². The van der Waals surface area contributed by atoms with E-state index in [0.29, 0.717) is 44.2 Å². The number of carboxylic acids is 1. The summed E-state index contributed by atoms with van der Waals surface area (Å²) in [5.41, 5.74) is 0. The van der Waals surface area contributed by atoms with E-state index < -0.39 is 27.2 Å². The number of piperidine rings is 1. The van der Waals surface area contributed by atoms with Crippen molar-refractivity contribution in [3.63, 3.8) is 0 Å². The SMILES string of the molecule is CC1CCN(S(=O)(=O)C2CCCC2C(=O)O)CC1C. The summed E-state index contributed by atoms with van der Waals surface area (Å²) in [6, 6.07) is 0. The van der Waals surface area contributed by atoms with Gasteiger partial charge in [0.2, 0.25) is 10.0 Å². The van der Waals surface area contributed by atoms with Gasteiger partial charge in [-0.25, -0.2) is 12.7 Å². The molecule has 4 atom stereocenters. The smallest absolute Gasteiger partial charge is 0.307 e. The zero-order valence-corrected chi connectivity index (χ0v) is 12.4. The molecule has 2 fully saturated rings. The number of hydrogen-bond donors (Lipinski definition) is 1. The van der Waals surface area contributed by atoms with Crippen molar-refractivity contribution in [2.24, 2.45) is 17.8 Å². The molecule has 0 aromatic carbocycles. The van der Waals surface area contributed by atoms with Gasteiger partial charge in [-0.1, -0.05) is 20.3 Å². The summed E-state index contributed by atoms with van der Waals surface area (Å²) in [5.74, 6) is -0.817. The van der Waals surface area contributed by atoms with E-state index in [-0.39, 0.29) is 0 Å². The average molecular weight is 289 g/mol. The second-order valence-electron chi connectivity index (χ2n) is 6.06. The van der Waals surface area contributed by atoms with Crippen LogP contribution in [0.15, 0.2) is 0 Å². The van der Waals surface area contributed by atoms with Gasteiger partial charge >= 0.3 is 5.97 Å². The summed E-state index contributed by atoms with van der Waals surface area (Å²) >= 11 is 0. The van der Waals surface area contributed by atoms with Gasteiger partial charge in [0, 0.05) is 13.1 Å². The van der Waals surface area contributed by atoms with Crippen LogP contribution in [-0.2, 0) is 14.8 Å². The molecular weight excluding hydrogens is 266 g/mol. The molecule has 1 N–H and O–H groups in total. The lowest BCUT2D eigenvalue weighted by molar-refractivity contribution is -0.141. The average Bonchev–Trinajstić information content (AvgIpc) is 2.82. The van der Waals surface area contributed by atoms with Crippen molar-refractivity contribution < 1.29 is 18.3 Å². The lowest BCUT2D eigenvalue weighted by atomic mass is 9.90. The van der Waals surface area contributed by atoms with Gasteiger partial charge < -0.3 is 5.11 Å². The van der Waals surface area contributed by atoms with Crippen LogP contribution in [0.25, 0.3) is 0 Å². The molecule has 19 heavy (non-hydrogen) atoms. The van der Waals surface area contributed by atoms with Gasteiger partial charge in [0.15, 0.2) is 0 Å². The van der Waals surface area contributed by atoms with Crippen LogP contribution >= 0.6 is 0 Å². The summed E-state index contributed by atoms with van der Waals surface area (Å²) in [5, 5.41) is 8.44. The first kappa shape index (κ1) is 14.8. The molecular formula is C13H23NO4S. The molecule has 0 aromatic heterocycles. The van der Waals surface area contributed by atoms with E-state index in [0.717, 1.165) is 6.42 Å². The van der Waals surface area contributed by atoms with Crippen molar-refractivity contribution >= 4 is 16.0 Å². The molecule has 0 bridgehead atoms. The van der Waals surface area contributed by atoms with E-state index in [2.05, 4.69) is 13.8 Å². The highest BCUT2D eigenvalue weighted by Gasteiger charge is 2.45. The highest BCUT2D eigenvalue weighted by molar-refractivity contribution is 7.89. The largest absolute Gasteiger partial charge is 0.481 e. The molecule has 1 saturated carbocycles. The molecule has 0 radical (unpaired) electrons. The molecule has 110 valence electrons. The predicted molar refractivity (Wildman–Crippen MR) is 72.2 cm³/mol. The van der Waals surface area contributed by atoms with Crippen LogP contribution in [0.4, 0.5) is 0 Å². The van der Waals surface area contributed by atoms with E-state index >= 15 is 0 Å². The first-order valence-corrected chi connectivity index (χ1v) is 8.56. The predicted octanol–water partition coefficient (Wildman–Crippen LogP) is 1.55. The van der Waals surface area contributed by atoms with Crippen LogP contribution in [0.1, 0.15) is 39.5 Å². The zero-order chi connectivity index (χ0) is 14.2. The van der Waals surface area contributed by atoms with Gasteiger partial charge in [-0.05, 0) is 31.1 Å². The lowest BCUT2D eigenvalue weighted by Crippen LogP contribution is -2.47. The molecule has 0 amide bonds. The van der Waals surface area contributed by atoms with Gasteiger partial charge in [-0.15, -0.1) is 0 Å². The third-order valence-electron chi connectivity index (χ3n) is 4.81. The number of sulfonamides is 1. The van der Waals surface area contributed by atoms with Gasteiger partial charge in [0.05, 0.1) is 11.2 Å². The third kappa shape index (κ3) is 2.79. The topological polar surface area (TPSA) is 74.7 Å². The van der Waals surface area contributed by atoms with Crippen molar-refractivity contribution in [3.8, 4) is 0 Å². The van der Waals surface area contributed by atoms with Crippen LogP contribution in [0.3, 0.4) is 0 Å². The summed E-state index contributed by atoms with van der Waals surface area (Å²) in [4.78, 5) is 11.2. The maximum atomic E-state index is 12.6. The highest BCUT2D eigenvalue weighted by atomic mass is 32.2. The molecule has 5 nitrogen and oxygen atoms in total. The first-order chi connectivity index (χ1) is 8.84. The van der Waals surface area contributed by atoms with E-state index in [1.165, 1.54) is 4.31 Å². The Labute approximate surface area is 115 Å². The fourth-order valence-corrected chi connectivity index (χ4v) is 5.53. The quantitative estimate of drug-likeness (QED) is 0.855. The molecule has 1 aliphatic heterocycles. The van der Waals surface area contributed by atoms with Crippen LogP contribution < -0.4 is 0 Å². The molecule has 0 aromatic rings. The Bertz CT molecular complexity index is 448. The van der Waals surface area contributed by atoms with Gasteiger partial charge in [0.25, 0.3) is 0 Å². The lowest BCUT2D eigenvalue weighted by Gasteiger charge is -2.36. The fraction of sp³-hybridized carbons (Fsp3) is 0.923. The summed E-state index contributed by atoms with van der Waals surface area (Å²) in [6.07, 6.45) is 2.53. The minimum atomic E-state index is -3.46. The Hall–Kier alpha value is -0.620. The van der Waals surface area contributed by atoms with Crippen LogP contribution in [-0.4, -0.2) is 42.1 Å². The van der Waals surface area contributed by atoms with Gasteiger partial charge in [-0.3, -0.25) is 4.79 Å². The number of aliphatic carboxylic acids is 1. The van der Waals surface area contributed by atoms with E-state index in [4.69, 9.17) is 5.11 Å². The number of rotatable bonds is 3.